The first kappa shape index (κ1) is 11.6. The van der Waals surface area contributed by atoms with Crippen molar-refractivity contribution in [3.8, 4) is 0 Å². The normalized spacial score (nSPS) is 11.5. The topological polar surface area (TPSA) is 69.2 Å². The van der Waals surface area contributed by atoms with E-state index in [9.17, 15) is 23.3 Å². The molecule has 0 atom stereocenters. The Morgan fingerprint density at radius 3 is 2.33 bits per heavy atom. The SMILES string of the molecule is Nc1c(C(F)(F)F)ccc([N+](=O)[O-])c1Cl. The van der Waals surface area contributed by atoms with E-state index in [4.69, 9.17) is 17.3 Å². The molecule has 0 aromatic heterocycles. The van der Waals surface area contributed by atoms with Crippen LogP contribution in [0.1, 0.15) is 5.56 Å². The van der Waals surface area contributed by atoms with Crippen LogP contribution in [0.15, 0.2) is 12.1 Å². The Kier molecular flexibility index (Phi) is 2.76. The van der Waals surface area contributed by atoms with Crippen LogP contribution in [0.4, 0.5) is 24.5 Å². The monoisotopic (exact) mass is 240 g/mol. The van der Waals surface area contributed by atoms with E-state index < -0.39 is 33.1 Å². The van der Waals surface area contributed by atoms with Crippen molar-refractivity contribution in [2.24, 2.45) is 0 Å². The van der Waals surface area contributed by atoms with Crippen LogP contribution >= 0.6 is 11.6 Å². The average Bonchev–Trinajstić information content (AvgIpc) is 2.06. The minimum absolute atomic E-state index is 0.527. The molecule has 15 heavy (non-hydrogen) atoms. The molecule has 0 bridgehead atoms. The number of nitro benzene ring substituents is 1. The third-order valence-electron chi connectivity index (χ3n) is 1.66. The highest BCUT2D eigenvalue weighted by molar-refractivity contribution is 6.35. The number of rotatable bonds is 1. The fourth-order valence-electron chi connectivity index (χ4n) is 0.970. The molecule has 8 heteroatoms. The highest BCUT2D eigenvalue weighted by Gasteiger charge is 2.35. The highest BCUT2D eigenvalue weighted by Crippen LogP contribution is 2.40. The summed E-state index contributed by atoms with van der Waals surface area (Å²) < 4.78 is 36.8. The van der Waals surface area contributed by atoms with Crippen LogP contribution in [0.2, 0.25) is 5.02 Å². The smallest absolute Gasteiger partial charge is 0.397 e. The maximum absolute atomic E-state index is 12.3. The number of benzene rings is 1. The largest absolute Gasteiger partial charge is 0.418 e. The number of hydrogen-bond acceptors (Lipinski definition) is 3. The maximum Gasteiger partial charge on any atom is 0.418 e. The summed E-state index contributed by atoms with van der Waals surface area (Å²) in [5, 5.41) is 9.62. The van der Waals surface area contributed by atoms with Crippen molar-refractivity contribution in [1.82, 2.24) is 0 Å². The van der Waals surface area contributed by atoms with Gasteiger partial charge in [0.1, 0.15) is 5.02 Å². The zero-order valence-electron chi connectivity index (χ0n) is 7.01. The van der Waals surface area contributed by atoms with E-state index in [-0.39, 0.29) is 0 Å². The van der Waals surface area contributed by atoms with Crippen molar-refractivity contribution in [3.05, 3.63) is 32.8 Å². The van der Waals surface area contributed by atoms with Crippen molar-refractivity contribution < 1.29 is 18.1 Å². The summed E-state index contributed by atoms with van der Waals surface area (Å²) in [6.07, 6.45) is -4.68. The van der Waals surface area contributed by atoms with Crippen LogP contribution in [-0.2, 0) is 6.18 Å². The number of hydrogen-bond donors (Lipinski definition) is 1. The highest BCUT2D eigenvalue weighted by atomic mass is 35.5. The number of halogens is 4. The summed E-state index contributed by atoms with van der Waals surface area (Å²) in [6, 6.07) is 1.20. The first-order valence-corrected chi connectivity index (χ1v) is 3.92. The molecular formula is C7H4ClF3N2O2. The van der Waals surface area contributed by atoms with Gasteiger partial charge in [-0.05, 0) is 6.07 Å². The van der Waals surface area contributed by atoms with E-state index in [0.717, 1.165) is 0 Å². The quantitative estimate of drug-likeness (QED) is 0.466. The number of anilines is 1. The van der Waals surface area contributed by atoms with E-state index >= 15 is 0 Å². The van der Waals surface area contributed by atoms with Gasteiger partial charge in [-0.3, -0.25) is 10.1 Å². The molecule has 0 aliphatic heterocycles. The average molecular weight is 241 g/mol. The third-order valence-corrected chi connectivity index (χ3v) is 2.06. The lowest BCUT2D eigenvalue weighted by molar-refractivity contribution is -0.384. The maximum atomic E-state index is 12.3. The van der Waals surface area contributed by atoms with Gasteiger partial charge in [0.2, 0.25) is 0 Å². The standard InChI is InChI=1S/C7H4ClF3N2O2/c8-5-4(13(14)15)2-1-3(6(5)12)7(9,10)11/h1-2H,12H2. The van der Waals surface area contributed by atoms with Gasteiger partial charge >= 0.3 is 6.18 Å². The molecule has 0 unspecified atom stereocenters. The van der Waals surface area contributed by atoms with E-state index in [1.54, 1.807) is 0 Å². The van der Waals surface area contributed by atoms with Crippen LogP contribution in [0.3, 0.4) is 0 Å². The second kappa shape index (κ2) is 3.58. The molecule has 0 spiro atoms. The second-order valence-corrected chi connectivity index (χ2v) is 2.99. The lowest BCUT2D eigenvalue weighted by Crippen LogP contribution is -2.09. The van der Waals surface area contributed by atoms with Gasteiger partial charge in [0, 0.05) is 6.07 Å². The molecule has 0 aliphatic carbocycles. The zero-order valence-corrected chi connectivity index (χ0v) is 7.76. The van der Waals surface area contributed by atoms with Crippen LogP contribution in [0, 0.1) is 10.1 Å². The molecule has 0 radical (unpaired) electrons. The van der Waals surface area contributed by atoms with Gasteiger partial charge in [0.15, 0.2) is 0 Å². The summed E-state index contributed by atoms with van der Waals surface area (Å²) in [5.74, 6) is 0. The molecule has 4 nitrogen and oxygen atoms in total. The molecular weight excluding hydrogens is 237 g/mol. The molecule has 1 aromatic carbocycles. The molecule has 2 N–H and O–H groups in total. The molecule has 0 fully saturated rings. The zero-order chi connectivity index (χ0) is 11.8. The first-order chi connectivity index (χ1) is 6.75. The summed E-state index contributed by atoms with van der Waals surface area (Å²) in [6.45, 7) is 0. The second-order valence-electron chi connectivity index (χ2n) is 2.61. The predicted octanol–water partition coefficient (Wildman–Crippen LogP) is 2.85. The minimum atomic E-state index is -4.68. The predicted molar refractivity (Wildman–Crippen MR) is 47.5 cm³/mol. The number of nitrogen functional groups attached to an aromatic ring is 1. The molecule has 0 saturated heterocycles. The molecule has 0 heterocycles. The third kappa shape index (κ3) is 2.12. The van der Waals surface area contributed by atoms with Gasteiger partial charge in [0.25, 0.3) is 5.69 Å². The van der Waals surface area contributed by atoms with E-state index in [2.05, 4.69) is 0 Å². The van der Waals surface area contributed by atoms with Crippen LogP contribution in [0.5, 0.6) is 0 Å². The van der Waals surface area contributed by atoms with E-state index in [1.807, 2.05) is 0 Å². The Bertz CT molecular complexity index is 419. The van der Waals surface area contributed by atoms with Crippen LogP contribution in [-0.4, -0.2) is 4.92 Å². The van der Waals surface area contributed by atoms with Gasteiger partial charge in [0.05, 0.1) is 16.2 Å². The summed E-state index contributed by atoms with van der Waals surface area (Å²) in [7, 11) is 0. The van der Waals surface area contributed by atoms with E-state index in [0.29, 0.717) is 12.1 Å². The number of alkyl halides is 3. The number of nitrogens with two attached hydrogens (primary N) is 1. The Balaban J connectivity index is 3.41. The van der Waals surface area contributed by atoms with Crippen molar-refractivity contribution in [1.29, 1.82) is 0 Å². The van der Waals surface area contributed by atoms with Gasteiger partial charge in [-0.25, -0.2) is 0 Å². The van der Waals surface area contributed by atoms with Crippen molar-refractivity contribution in [2.45, 2.75) is 6.18 Å². The molecule has 0 aliphatic rings. The van der Waals surface area contributed by atoms with Gasteiger partial charge in [-0.15, -0.1) is 0 Å². The molecule has 0 saturated carbocycles. The molecule has 1 aromatic rings. The van der Waals surface area contributed by atoms with Gasteiger partial charge in [-0.1, -0.05) is 11.6 Å². The fraction of sp³-hybridized carbons (Fsp3) is 0.143. The van der Waals surface area contributed by atoms with Crippen molar-refractivity contribution in [2.75, 3.05) is 5.73 Å². The summed E-state index contributed by atoms with van der Waals surface area (Å²) in [5.41, 5.74) is 2.38. The van der Waals surface area contributed by atoms with Gasteiger partial charge in [-0.2, -0.15) is 13.2 Å². The lowest BCUT2D eigenvalue weighted by atomic mass is 10.1. The van der Waals surface area contributed by atoms with Crippen LogP contribution < -0.4 is 5.73 Å². The lowest BCUT2D eigenvalue weighted by Gasteiger charge is -2.10. The first-order valence-electron chi connectivity index (χ1n) is 3.54. The van der Waals surface area contributed by atoms with Crippen molar-refractivity contribution >= 4 is 23.0 Å². The Labute approximate surface area is 86.6 Å². The number of nitrogens with zero attached hydrogens (tertiary/aromatic N) is 1. The summed E-state index contributed by atoms with van der Waals surface area (Å²) >= 11 is 5.33. The minimum Gasteiger partial charge on any atom is -0.397 e. The molecule has 1 rings (SSSR count). The number of nitro groups is 1. The van der Waals surface area contributed by atoms with Gasteiger partial charge < -0.3 is 5.73 Å². The Morgan fingerprint density at radius 1 is 1.40 bits per heavy atom. The molecule has 0 amide bonds. The Morgan fingerprint density at radius 2 is 1.93 bits per heavy atom. The summed E-state index contributed by atoms with van der Waals surface area (Å²) in [4.78, 5) is 9.42. The van der Waals surface area contributed by atoms with E-state index in [1.165, 1.54) is 0 Å². The fourth-order valence-corrected chi connectivity index (χ4v) is 1.20. The Hall–Kier alpha value is -1.50. The molecule has 82 valence electrons. The van der Waals surface area contributed by atoms with Crippen LogP contribution in [0.25, 0.3) is 0 Å². The van der Waals surface area contributed by atoms with Crippen molar-refractivity contribution in [3.63, 3.8) is 0 Å².